The molecule has 1 aromatic rings. The molecule has 0 bridgehead atoms. The van der Waals surface area contributed by atoms with Gasteiger partial charge in [0.05, 0.1) is 0 Å². The van der Waals surface area contributed by atoms with Crippen molar-refractivity contribution in [3.8, 4) is 5.75 Å². The van der Waals surface area contributed by atoms with Crippen LogP contribution in [-0.2, 0) is 9.59 Å². The number of halogens is 5. The summed E-state index contributed by atoms with van der Waals surface area (Å²) in [6.07, 6.45) is 0. The van der Waals surface area contributed by atoms with Gasteiger partial charge in [0.1, 0.15) is 6.54 Å². The topological polar surface area (TPSA) is 75.6 Å². The standard InChI is InChI=1S/C10H6F5NO4/c11-5-6(12)8(14)10(9(15)7(5)13)20-2-3(17)16-1-4(18)19/h1-2H2,(H,16,17)(H,18,19). The average Bonchev–Trinajstić information content (AvgIpc) is 2.40. The van der Waals surface area contributed by atoms with Gasteiger partial charge in [-0.2, -0.15) is 8.78 Å². The first kappa shape index (κ1) is 15.7. The Morgan fingerprint density at radius 2 is 1.40 bits per heavy atom. The van der Waals surface area contributed by atoms with Crippen molar-refractivity contribution in [3.63, 3.8) is 0 Å². The van der Waals surface area contributed by atoms with Crippen LogP contribution >= 0.6 is 0 Å². The van der Waals surface area contributed by atoms with Gasteiger partial charge in [-0.25, -0.2) is 13.2 Å². The SMILES string of the molecule is O=C(O)CNC(=O)COc1c(F)c(F)c(F)c(F)c1F. The summed E-state index contributed by atoms with van der Waals surface area (Å²) >= 11 is 0. The number of carboxylic acid groups (broad SMARTS) is 1. The van der Waals surface area contributed by atoms with E-state index in [1.165, 1.54) is 0 Å². The number of carbonyl (C=O) groups excluding carboxylic acids is 1. The van der Waals surface area contributed by atoms with Crippen molar-refractivity contribution in [3.05, 3.63) is 29.1 Å². The molecule has 1 aromatic carbocycles. The Bertz CT molecular complexity index is 534. The second kappa shape index (κ2) is 6.17. The molecule has 110 valence electrons. The summed E-state index contributed by atoms with van der Waals surface area (Å²) in [5, 5.41) is 9.98. The third-order valence-corrected chi connectivity index (χ3v) is 1.95. The number of hydrogen-bond donors (Lipinski definition) is 2. The lowest BCUT2D eigenvalue weighted by atomic mass is 10.2. The van der Waals surface area contributed by atoms with Crippen LogP contribution in [0.5, 0.6) is 5.75 Å². The minimum Gasteiger partial charge on any atom is -0.480 e. The predicted octanol–water partition coefficient (Wildman–Crippen LogP) is 0.962. The van der Waals surface area contributed by atoms with Crippen molar-refractivity contribution in [2.75, 3.05) is 13.2 Å². The number of rotatable bonds is 5. The molecule has 10 heteroatoms. The molecule has 1 rings (SSSR count). The van der Waals surface area contributed by atoms with E-state index in [-0.39, 0.29) is 0 Å². The van der Waals surface area contributed by atoms with Crippen LogP contribution in [0.15, 0.2) is 0 Å². The molecule has 0 aliphatic rings. The third-order valence-electron chi connectivity index (χ3n) is 1.95. The third kappa shape index (κ3) is 3.33. The largest absolute Gasteiger partial charge is 0.480 e. The first-order valence-corrected chi connectivity index (χ1v) is 4.88. The van der Waals surface area contributed by atoms with Crippen molar-refractivity contribution >= 4 is 11.9 Å². The zero-order chi connectivity index (χ0) is 15.4. The Balaban J connectivity index is 2.84. The van der Waals surface area contributed by atoms with Gasteiger partial charge >= 0.3 is 5.97 Å². The number of carbonyl (C=O) groups is 2. The minimum absolute atomic E-state index is 0.792. The van der Waals surface area contributed by atoms with E-state index in [0.29, 0.717) is 0 Å². The van der Waals surface area contributed by atoms with Crippen LogP contribution in [0.2, 0.25) is 0 Å². The highest BCUT2D eigenvalue weighted by atomic mass is 19.2. The zero-order valence-electron chi connectivity index (χ0n) is 9.48. The van der Waals surface area contributed by atoms with Gasteiger partial charge in [-0.3, -0.25) is 9.59 Å². The quantitative estimate of drug-likeness (QED) is 0.482. The van der Waals surface area contributed by atoms with E-state index in [1.54, 1.807) is 5.32 Å². The maximum absolute atomic E-state index is 13.1. The lowest BCUT2D eigenvalue weighted by Gasteiger charge is -2.09. The smallest absolute Gasteiger partial charge is 0.322 e. The molecule has 0 aliphatic carbocycles. The second-order valence-electron chi connectivity index (χ2n) is 3.36. The molecule has 0 saturated carbocycles. The van der Waals surface area contributed by atoms with Gasteiger partial charge < -0.3 is 15.2 Å². The summed E-state index contributed by atoms with van der Waals surface area (Å²) in [4.78, 5) is 21.1. The van der Waals surface area contributed by atoms with Crippen molar-refractivity contribution in [2.24, 2.45) is 0 Å². The first-order valence-electron chi connectivity index (χ1n) is 4.88. The number of benzene rings is 1. The van der Waals surface area contributed by atoms with Gasteiger partial charge in [0.2, 0.25) is 29.1 Å². The van der Waals surface area contributed by atoms with Gasteiger partial charge in [-0.1, -0.05) is 0 Å². The van der Waals surface area contributed by atoms with Crippen LogP contribution in [0.1, 0.15) is 0 Å². The lowest BCUT2D eigenvalue weighted by Crippen LogP contribution is -2.33. The Labute approximate surface area is 107 Å². The second-order valence-corrected chi connectivity index (χ2v) is 3.36. The van der Waals surface area contributed by atoms with Crippen molar-refractivity contribution in [2.45, 2.75) is 0 Å². The molecule has 0 fully saturated rings. The molecule has 0 spiro atoms. The monoisotopic (exact) mass is 299 g/mol. The van der Waals surface area contributed by atoms with Gasteiger partial charge in [0, 0.05) is 0 Å². The van der Waals surface area contributed by atoms with Crippen molar-refractivity contribution < 1.29 is 41.4 Å². The molecule has 5 nitrogen and oxygen atoms in total. The van der Waals surface area contributed by atoms with Gasteiger partial charge in [0.15, 0.2) is 12.4 Å². The number of carboxylic acids is 1. The fourth-order valence-electron chi connectivity index (χ4n) is 1.07. The number of amides is 1. The van der Waals surface area contributed by atoms with Crippen LogP contribution in [0.4, 0.5) is 22.0 Å². The normalized spacial score (nSPS) is 10.2. The summed E-state index contributed by atoms with van der Waals surface area (Å²) in [7, 11) is 0. The predicted molar refractivity (Wildman–Crippen MR) is 52.4 cm³/mol. The fraction of sp³-hybridized carbons (Fsp3) is 0.200. The van der Waals surface area contributed by atoms with Crippen LogP contribution in [0.3, 0.4) is 0 Å². The first-order chi connectivity index (χ1) is 9.25. The molecule has 0 aromatic heterocycles. The van der Waals surface area contributed by atoms with E-state index >= 15 is 0 Å². The number of hydrogen-bond acceptors (Lipinski definition) is 3. The van der Waals surface area contributed by atoms with E-state index in [4.69, 9.17) is 5.11 Å². The molecule has 0 atom stereocenters. The summed E-state index contributed by atoms with van der Waals surface area (Å²) < 4.78 is 68.6. The molecule has 1 amide bonds. The van der Waals surface area contributed by atoms with Crippen LogP contribution < -0.4 is 10.1 Å². The van der Waals surface area contributed by atoms with E-state index < -0.39 is 59.9 Å². The summed E-state index contributed by atoms with van der Waals surface area (Å²) in [6.45, 7) is -1.91. The van der Waals surface area contributed by atoms with Crippen molar-refractivity contribution in [1.82, 2.24) is 5.32 Å². The highest BCUT2D eigenvalue weighted by Crippen LogP contribution is 2.28. The Hall–Kier alpha value is -2.39. The summed E-state index contributed by atoms with van der Waals surface area (Å²) in [5.74, 6) is -15.4. The molecule has 0 saturated heterocycles. The molecule has 2 N–H and O–H groups in total. The molecule has 0 heterocycles. The van der Waals surface area contributed by atoms with Crippen molar-refractivity contribution in [1.29, 1.82) is 0 Å². The average molecular weight is 299 g/mol. The number of ether oxygens (including phenoxy) is 1. The van der Waals surface area contributed by atoms with Crippen LogP contribution in [0.25, 0.3) is 0 Å². The zero-order valence-corrected chi connectivity index (χ0v) is 9.48. The number of aliphatic carboxylic acids is 1. The highest BCUT2D eigenvalue weighted by Gasteiger charge is 2.27. The molecule has 0 aliphatic heterocycles. The van der Waals surface area contributed by atoms with Gasteiger partial charge in [0.25, 0.3) is 5.91 Å². The molecular weight excluding hydrogens is 293 g/mol. The van der Waals surface area contributed by atoms with E-state index in [2.05, 4.69) is 4.74 Å². The van der Waals surface area contributed by atoms with Crippen LogP contribution in [0, 0.1) is 29.1 Å². The van der Waals surface area contributed by atoms with E-state index in [9.17, 15) is 31.5 Å². The molecule has 0 radical (unpaired) electrons. The molecule has 0 unspecified atom stereocenters. The molecule has 20 heavy (non-hydrogen) atoms. The maximum Gasteiger partial charge on any atom is 0.322 e. The fourth-order valence-corrected chi connectivity index (χ4v) is 1.07. The summed E-state index contributed by atoms with van der Waals surface area (Å²) in [5.41, 5.74) is 0. The van der Waals surface area contributed by atoms with E-state index in [0.717, 1.165) is 0 Å². The molecular formula is C10H6F5NO4. The lowest BCUT2D eigenvalue weighted by molar-refractivity contribution is -0.138. The van der Waals surface area contributed by atoms with Crippen LogP contribution in [-0.4, -0.2) is 30.1 Å². The summed E-state index contributed by atoms with van der Waals surface area (Å²) in [6, 6.07) is 0. The highest BCUT2D eigenvalue weighted by molar-refractivity contribution is 5.82. The van der Waals surface area contributed by atoms with E-state index in [1.807, 2.05) is 0 Å². The Morgan fingerprint density at radius 3 is 1.85 bits per heavy atom. The number of nitrogens with one attached hydrogen (secondary N) is 1. The van der Waals surface area contributed by atoms with Gasteiger partial charge in [-0.15, -0.1) is 0 Å². The minimum atomic E-state index is -2.36. The van der Waals surface area contributed by atoms with Gasteiger partial charge in [-0.05, 0) is 0 Å². The maximum atomic E-state index is 13.1. The Kier molecular flexibility index (Phi) is 4.83. The Morgan fingerprint density at radius 1 is 0.950 bits per heavy atom.